The van der Waals surface area contributed by atoms with Gasteiger partial charge in [-0.1, -0.05) is 0 Å². The Morgan fingerprint density at radius 1 is 1.48 bits per heavy atom. The molecule has 2 unspecified atom stereocenters. The second-order valence-corrected chi connectivity index (χ2v) is 6.63. The Bertz CT molecular complexity index is 541. The average Bonchev–Trinajstić information content (AvgIpc) is 3.01. The molecule has 0 spiro atoms. The van der Waals surface area contributed by atoms with Gasteiger partial charge in [0.05, 0.1) is 23.6 Å². The zero-order valence-corrected chi connectivity index (χ0v) is 14.2. The molecule has 1 fully saturated rings. The van der Waals surface area contributed by atoms with E-state index in [1.807, 2.05) is 6.92 Å². The number of aryl methyl sites for hydroxylation is 1. The Kier molecular flexibility index (Phi) is 5.89. The molecular formula is C16H22ClF2N3O. The van der Waals surface area contributed by atoms with Crippen molar-refractivity contribution in [1.82, 2.24) is 14.9 Å². The molecule has 4 nitrogen and oxygen atoms in total. The number of alkyl halides is 3. The van der Waals surface area contributed by atoms with Gasteiger partial charge in [0.1, 0.15) is 5.41 Å². The zero-order chi connectivity index (χ0) is 17.0. The lowest BCUT2D eigenvalue weighted by atomic mass is 9.84. The number of carbonyl (C=O) groups is 1. The summed E-state index contributed by atoms with van der Waals surface area (Å²) in [6.07, 6.45) is 2.51. The smallest absolute Gasteiger partial charge is 0.252 e. The van der Waals surface area contributed by atoms with Gasteiger partial charge in [-0.2, -0.15) is 0 Å². The maximum Gasteiger partial charge on any atom is 0.252 e. The molecule has 2 heterocycles. The third kappa shape index (κ3) is 3.79. The van der Waals surface area contributed by atoms with Crippen molar-refractivity contribution >= 4 is 17.5 Å². The van der Waals surface area contributed by atoms with Crippen molar-refractivity contribution in [3.8, 4) is 0 Å². The molecule has 1 aliphatic rings. The largest absolute Gasteiger partial charge is 0.333 e. The van der Waals surface area contributed by atoms with E-state index >= 15 is 0 Å². The SMILES string of the molecule is Cc1cnc(C2CCCN2C(=O)C(C)(CCCCl)C(F)F)cn1. The number of nitrogens with zero attached hydrogens (tertiary/aromatic N) is 3. The molecule has 23 heavy (non-hydrogen) atoms. The Balaban J connectivity index is 2.23. The van der Waals surface area contributed by atoms with Gasteiger partial charge in [0.2, 0.25) is 5.91 Å². The fraction of sp³-hybridized carbons (Fsp3) is 0.688. The highest BCUT2D eigenvalue weighted by Gasteiger charge is 2.47. The summed E-state index contributed by atoms with van der Waals surface area (Å²) in [6.45, 7) is 3.64. The lowest BCUT2D eigenvalue weighted by molar-refractivity contribution is -0.152. The summed E-state index contributed by atoms with van der Waals surface area (Å²) in [6, 6.07) is -0.273. The number of likely N-dealkylation sites (tertiary alicyclic amines) is 1. The van der Waals surface area contributed by atoms with Gasteiger partial charge in [-0.3, -0.25) is 14.8 Å². The highest BCUT2D eigenvalue weighted by molar-refractivity contribution is 6.17. The topological polar surface area (TPSA) is 46.1 Å². The lowest BCUT2D eigenvalue weighted by Crippen LogP contribution is -2.46. The molecule has 128 valence electrons. The number of carbonyl (C=O) groups excluding carboxylic acids is 1. The molecule has 1 saturated heterocycles. The summed E-state index contributed by atoms with van der Waals surface area (Å²) < 4.78 is 27.1. The number of halogens is 3. The normalized spacial score (nSPS) is 20.8. The summed E-state index contributed by atoms with van der Waals surface area (Å²) in [5, 5.41) is 0. The van der Waals surface area contributed by atoms with Gasteiger partial charge in [0.15, 0.2) is 0 Å². The minimum Gasteiger partial charge on any atom is -0.333 e. The van der Waals surface area contributed by atoms with Crippen LogP contribution in [0.1, 0.15) is 50.0 Å². The molecule has 1 aromatic heterocycles. The van der Waals surface area contributed by atoms with Crippen LogP contribution in [0.2, 0.25) is 0 Å². The molecule has 0 bridgehead atoms. The first-order chi connectivity index (χ1) is 10.9. The van der Waals surface area contributed by atoms with E-state index in [4.69, 9.17) is 11.6 Å². The first kappa shape index (κ1) is 18.0. The van der Waals surface area contributed by atoms with E-state index < -0.39 is 17.7 Å². The highest BCUT2D eigenvalue weighted by Crippen LogP contribution is 2.39. The molecule has 0 N–H and O–H groups in total. The van der Waals surface area contributed by atoms with E-state index in [1.54, 1.807) is 17.3 Å². The van der Waals surface area contributed by atoms with Crippen LogP contribution in [0.3, 0.4) is 0 Å². The minimum absolute atomic E-state index is 0.0792. The van der Waals surface area contributed by atoms with E-state index in [9.17, 15) is 13.6 Å². The van der Waals surface area contributed by atoms with Gasteiger partial charge in [0.25, 0.3) is 6.43 Å². The van der Waals surface area contributed by atoms with Crippen molar-refractivity contribution in [3.63, 3.8) is 0 Å². The number of aromatic nitrogens is 2. The fourth-order valence-corrected chi connectivity index (χ4v) is 3.10. The number of hydrogen-bond donors (Lipinski definition) is 0. The maximum absolute atomic E-state index is 13.6. The van der Waals surface area contributed by atoms with E-state index in [-0.39, 0.29) is 18.3 Å². The van der Waals surface area contributed by atoms with Crippen LogP contribution in [-0.2, 0) is 4.79 Å². The molecular weight excluding hydrogens is 324 g/mol. The van der Waals surface area contributed by atoms with Crippen LogP contribution in [0.4, 0.5) is 8.78 Å². The van der Waals surface area contributed by atoms with Crippen LogP contribution in [0.15, 0.2) is 12.4 Å². The average molecular weight is 346 g/mol. The highest BCUT2D eigenvalue weighted by atomic mass is 35.5. The van der Waals surface area contributed by atoms with E-state index in [0.29, 0.717) is 18.7 Å². The lowest BCUT2D eigenvalue weighted by Gasteiger charge is -2.34. The van der Waals surface area contributed by atoms with Crippen LogP contribution < -0.4 is 0 Å². The second kappa shape index (κ2) is 7.51. The van der Waals surface area contributed by atoms with Gasteiger partial charge in [-0.05, 0) is 39.5 Å². The molecule has 7 heteroatoms. The fourth-order valence-electron chi connectivity index (χ4n) is 2.96. The van der Waals surface area contributed by atoms with Gasteiger partial charge >= 0.3 is 0 Å². The van der Waals surface area contributed by atoms with Crippen molar-refractivity contribution in [2.75, 3.05) is 12.4 Å². The van der Waals surface area contributed by atoms with Crippen molar-refractivity contribution in [2.45, 2.75) is 52.0 Å². The summed E-state index contributed by atoms with van der Waals surface area (Å²) in [4.78, 5) is 22.9. The summed E-state index contributed by atoms with van der Waals surface area (Å²) >= 11 is 5.63. The first-order valence-electron chi connectivity index (χ1n) is 7.84. The second-order valence-electron chi connectivity index (χ2n) is 6.25. The van der Waals surface area contributed by atoms with Crippen molar-refractivity contribution in [3.05, 3.63) is 23.8 Å². The molecule has 2 rings (SSSR count). The number of rotatable bonds is 6. The summed E-state index contributed by atoms with van der Waals surface area (Å²) in [5.41, 5.74) is -0.255. The van der Waals surface area contributed by atoms with E-state index in [1.165, 1.54) is 6.92 Å². The Hall–Kier alpha value is -1.30. The molecule has 1 aliphatic heterocycles. The van der Waals surface area contributed by atoms with E-state index in [0.717, 1.165) is 18.5 Å². The summed E-state index contributed by atoms with van der Waals surface area (Å²) in [5.74, 6) is -0.245. The van der Waals surface area contributed by atoms with Crippen molar-refractivity contribution in [1.29, 1.82) is 0 Å². The summed E-state index contributed by atoms with van der Waals surface area (Å²) in [7, 11) is 0. The Morgan fingerprint density at radius 2 is 2.22 bits per heavy atom. The number of hydrogen-bond acceptors (Lipinski definition) is 3. The van der Waals surface area contributed by atoms with Crippen molar-refractivity contribution in [2.24, 2.45) is 5.41 Å². The quantitative estimate of drug-likeness (QED) is 0.738. The van der Waals surface area contributed by atoms with E-state index in [2.05, 4.69) is 9.97 Å². The molecule has 0 aliphatic carbocycles. The van der Waals surface area contributed by atoms with Crippen LogP contribution in [-0.4, -0.2) is 39.6 Å². The van der Waals surface area contributed by atoms with Gasteiger partial charge in [0, 0.05) is 18.6 Å². The number of amides is 1. The molecule has 0 saturated carbocycles. The standard InChI is InChI=1S/C16H22ClF2N3O/c1-11-9-21-12(10-20-11)13-5-3-8-22(13)15(23)16(2,14(18)19)6-4-7-17/h9-10,13-14H,3-8H2,1-2H3. The van der Waals surface area contributed by atoms with Gasteiger partial charge < -0.3 is 4.90 Å². The molecule has 0 radical (unpaired) electrons. The van der Waals surface area contributed by atoms with Gasteiger partial charge in [-0.15, -0.1) is 11.6 Å². The maximum atomic E-state index is 13.6. The zero-order valence-electron chi connectivity index (χ0n) is 13.4. The third-order valence-corrected chi connectivity index (χ3v) is 4.72. The molecule has 2 atom stereocenters. The third-order valence-electron chi connectivity index (χ3n) is 4.46. The minimum atomic E-state index is -2.72. The molecule has 0 aromatic carbocycles. The van der Waals surface area contributed by atoms with Crippen LogP contribution >= 0.6 is 11.6 Å². The predicted octanol–water partition coefficient (Wildman–Crippen LogP) is 3.74. The Labute approximate surface area is 140 Å². The van der Waals surface area contributed by atoms with Crippen molar-refractivity contribution < 1.29 is 13.6 Å². The van der Waals surface area contributed by atoms with Gasteiger partial charge in [-0.25, -0.2) is 8.78 Å². The van der Waals surface area contributed by atoms with Crippen LogP contribution in [0.25, 0.3) is 0 Å². The monoisotopic (exact) mass is 345 g/mol. The Morgan fingerprint density at radius 3 is 2.78 bits per heavy atom. The van der Waals surface area contributed by atoms with Crippen LogP contribution in [0, 0.1) is 12.3 Å². The first-order valence-corrected chi connectivity index (χ1v) is 8.37. The van der Waals surface area contributed by atoms with Crippen LogP contribution in [0.5, 0.6) is 0 Å². The molecule has 1 aromatic rings. The molecule has 1 amide bonds. The predicted molar refractivity (Wildman–Crippen MR) is 84.5 cm³/mol.